The quantitative estimate of drug-likeness (QED) is 0.929. The number of hydrogen-bond donors (Lipinski definition) is 1. The topological polar surface area (TPSA) is 38.0 Å². The zero-order valence-electron chi connectivity index (χ0n) is 11.5. The molecule has 1 atom stereocenters. The first kappa shape index (κ1) is 14.3. The zero-order valence-corrected chi connectivity index (χ0v) is 13.1. The van der Waals surface area contributed by atoms with Crippen molar-refractivity contribution in [2.24, 2.45) is 0 Å². The number of aliphatic hydroxyl groups excluding tert-OH is 1. The largest absolute Gasteiger partial charge is 0.389 e. The van der Waals surface area contributed by atoms with Gasteiger partial charge >= 0.3 is 0 Å². The van der Waals surface area contributed by atoms with Crippen molar-refractivity contribution in [3.8, 4) is 5.69 Å². The molecule has 0 bridgehead atoms. The highest BCUT2D eigenvalue weighted by Gasteiger charge is 2.11. The highest BCUT2D eigenvalue weighted by atomic mass is 79.9. The Kier molecular flexibility index (Phi) is 4.42. The monoisotopic (exact) mass is 322 g/mol. The lowest BCUT2D eigenvalue weighted by molar-refractivity contribution is 0.198. The van der Waals surface area contributed by atoms with Gasteiger partial charge in [0.05, 0.1) is 17.5 Å². The van der Waals surface area contributed by atoms with E-state index in [-0.39, 0.29) is 0 Å². The first-order valence-electron chi connectivity index (χ1n) is 6.62. The molecule has 0 aliphatic heterocycles. The lowest BCUT2D eigenvalue weighted by Crippen LogP contribution is -2.03. The minimum absolute atomic E-state index is 0.474. The van der Waals surface area contributed by atoms with Crippen LogP contribution in [0.5, 0.6) is 0 Å². The summed E-state index contributed by atoms with van der Waals surface area (Å²) < 4.78 is 2.89. The smallest absolute Gasteiger partial charge is 0.0772 e. The normalized spacial score (nSPS) is 12.7. The Balaban J connectivity index is 2.47. The zero-order chi connectivity index (χ0) is 14.0. The molecule has 4 heteroatoms. The predicted molar refractivity (Wildman–Crippen MR) is 80.7 cm³/mol. The third kappa shape index (κ3) is 2.90. The first-order valence-corrected chi connectivity index (χ1v) is 7.41. The molecule has 0 amide bonds. The van der Waals surface area contributed by atoms with Crippen molar-refractivity contribution >= 4 is 15.9 Å². The van der Waals surface area contributed by atoms with Crippen LogP contribution in [0.4, 0.5) is 0 Å². The van der Waals surface area contributed by atoms with E-state index in [9.17, 15) is 5.11 Å². The van der Waals surface area contributed by atoms with Crippen LogP contribution in [0, 0.1) is 0 Å². The van der Waals surface area contributed by atoms with Gasteiger partial charge in [-0.25, -0.2) is 4.68 Å². The van der Waals surface area contributed by atoms with Crippen molar-refractivity contribution in [2.45, 2.75) is 39.7 Å². The van der Waals surface area contributed by atoms with Gasteiger partial charge < -0.3 is 5.11 Å². The lowest BCUT2D eigenvalue weighted by atomic mass is 10.1. The first-order chi connectivity index (χ1) is 9.06. The van der Waals surface area contributed by atoms with E-state index in [1.165, 1.54) is 5.69 Å². The van der Waals surface area contributed by atoms with Crippen molar-refractivity contribution in [1.82, 2.24) is 9.78 Å². The average Bonchev–Trinajstić information content (AvgIpc) is 2.81. The number of aromatic nitrogens is 2. The molecule has 1 aromatic carbocycles. The van der Waals surface area contributed by atoms with Gasteiger partial charge in [-0.1, -0.05) is 35.8 Å². The summed E-state index contributed by atoms with van der Waals surface area (Å²) in [5.41, 5.74) is 4.22. The van der Waals surface area contributed by atoms with Crippen LogP contribution in [-0.2, 0) is 12.8 Å². The fourth-order valence-electron chi connectivity index (χ4n) is 2.11. The van der Waals surface area contributed by atoms with Gasteiger partial charge in [-0.05, 0) is 43.5 Å². The van der Waals surface area contributed by atoms with Gasteiger partial charge in [0, 0.05) is 10.2 Å². The van der Waals surface area contributed by atoms with E-state index in [0.29, 0.717) is 0 Å². The third-order valence-corrected chi connectivity index (χ3v) is 3.92. The summed E-state index contributed by atoms with van der Waals surface area (Å²) in [5, 5.41) is 14.3. The summed E-state index contributed by atoms with van der Waals surface area (Å²) in [7, 11) is 0. The van der Waals surface area contributed by atoms with E-state index >= 15 is 0 Å². The molecule has 1 N–H and O–H groups in total. The number of rotatable bonds is 4. The minimum Gasteiger partial charge on any atom is -0.389 e. The van der Waals surface area contributed by atoms with Crippen LogP contribution in [-0.4, -0.2) is 14.9 Å². The molecule has 0 aliphatic carbocycles. The van der Waals surface area contributed by atoms with Gasteiger partial charge in [-0.15, -0.1) is 0 Å². The second-order valence-corrected chi connectivity index (χ2v) is 5.48. The van der Waals surface area contributed by atoms with Crippen LogP contribution in [0.3, 0.4) is 0 Å². The lowest BCUT2D eigenvalue weighted by Gasteiger charge is -2.11. The number of nitrogens with zero attached hydrogens (tertiary/aromatic N) is 2. The van der Waals surface area contributed by atoms with Crippen molar-refractivity contribution in [1.29, 1.82) is 0 Å². The van der Waals surface area contributed by atoms with Gasteiger partial charge in [0.25, 0.3) is 0 Å². The number of halogens is 1. The average molecular weight is 323 g/mol. The van der Waals surface area contributed by atoms with Gasteiger partial charge in [0.2, 0.25) is 0 Å². The highest BCUT2D eigenvalue weighted by molar-refractivity contribution is 9.10. The van der Waals surface area contributed by atoms with Gasteiger partial charge in [0.15, 0.2) is 0 Å². The summed E-state index contributed by atoms with van der Waals surface area (Å²) in [5.74, 6) is 0. The van der Waals surface area contributed by atoms with Gasteiger partial charge in [-0.3, -0.25) is 0 Å². The molecule has 102 valence electrons. The Labute approximate surface area is 122 Å². The van der Waals surface area contributed by atoms with E-state index in [2.05, 4.69) is 40.9 Å². The second-order valence-electron chi connectivity index (χ2n) is 4.63. The molecule has 0 fully saturated rings. The number of benzene rings is 1. The summed E-state index contributed by atoms with van der Waals surface area (Å²) in [6.07, 6.45) is 1.41. The SMILES string of the molecule is CCc1cc(CC)n(-c2ccc([C@@H](C)O)c(Br)c2)n1. The molecule has 0 saturated carbocycles. The maximum absolute atomic E-state index is 9.66. The summed E-state index contributed by atoms with van der Waals surface area (Å²) in [4.78, 5) is 0. The Morgan fingerprint density at radius 1 is 1.26 bits per heavy atom. The molecule has 0 spiro atoms. The molecule has 19 heavy (non-hydrogen) atoms. The van der Waals surface area contributed by atoms with E-state index < -0.39 is 6.10 Å². The molecule has 1 heterocycles. The molecule has 0 aliphatic rings. The fourth-order valence-corrected chi connectivity index (χ4v) is 2.81. The molecule has 0 saturated heterocycles. The molecular weight excluding hydrogens is 304 g/mol. The van der Waals surface area contributed by atoms with E-state index in [0.717, 1.165) is 34.3 Å². The molecule has 2 rings (SSSR count). The summed E-state index contributed by atoms with van der Waals surface area (Å²) in [6, 6.07) is 8.10. The number of hydrogen-bond acceptors (Lipinski definition) is 2. The number of aliphatic hydroxyl groups is 1. The minimum atomic E-state index is -0.474. The van der Waals surface area contributed by atoms with Crippen molar-refractivity contribution in [2.75, 3.05) is 0 Å². The fraction of sp³-hybridized carbons (Fsp3) is 0.400. The Morgan fingerprint density at radius 3 is 2.53 bits per heavy atom. The van der Waals surface area contributed by atoms with E-state index in [1.54, 1.807) is 6.92 Å². The Hall–Kier alpha value is -1.13. The third-order valence-electron chi connectivity index (χ3n) is 3.24. The highest BCUT2D eigenvalue weighted by Crippen LogP contribution is 2.26. The van der Waals surface area contributed by atoms with Crippen LogP contribution in [0.15, 0.2) is 28.7 Å². The second kappa shape index (κ2) is 5.88. The van der Waals surface area contributed by atoms with E-state index in [4.69, 9.17) is 0 Å². The van der Waals surface area contributed by atoms with Gasteiger partial charge in [0.1, 0.15) is 0 Å². The van der Waals surface area contributed by atoms with Crippen molar-refractivity contribution in [3.63, 3.8) is 0 Å². The van der Waals surface area contributed by atoms with Crippen LogP contribution in [0.2, 0.25) is 0 Å². The molecule has 0 radical (unpaired) electrons. The molecule has 0 unspecified atom stereocenters. The molecule has 2 aromatic rings. The standard InChI is InChI=1S/C15H19BrN2O/c1-4-11-8-12(5-2)18(17-11)13-6-7-14(10(3)19)15(16)9-13/h6-10,19H,4-5H2,1-3H3/t10-/m1/s1. The van der Waals surface area contributed by atoms with Crippen LogP contribution in [0.25, 0.3) is 5.69 Å². The molecular formula is C15H19BrN2O. The molecule has 1 aromatic heterocycles. The Morgan fingerprint density at radius 2 is 2.00 bits per heavy atom. The summed E-state index contributed by atoms with van der Waals surface area (Å²) >= 11 is 3.51. The maximum Gasteiger partial charge on any atom is 0.0772 e. The van der Waals surface area contributed by atoms with Crippen LogP contribution >= 0.6 is 15.9 Å². The Bertz CT molecular complexity index is 576. The predicted octanol–water partition coefficient (Wildman–Crippen LogP) is 3.81. The van der Waals surface area contributed by atoms with E-state index in [1.807, 2.05) is 22.9 Å². The van der Waals surface area contributed by atoms with Gasteiger partial charge in [-0.2, -0.15) is 5.10 Å². The summed E-state index contributed by atoms with van der Waals surface area (Å²) in [6.45, 7) is 6.01. The van der Waals surface area contributed by atoms with Crippen molar-refractivity contribution < 1.29 is 5.11 Å². The van der Waals surface area contributed by atoms with Crippen molar-refractivity contribution in [3.05, 3.63) is 45.7 Å². The maximum atomic E-state index is 9.66. The van der Waals surface area contributed by atoms with Crippen LogP contribution in [0.1, 0.15) is 43.8 Å². The molecule has 3 nitrogen and oxygen atoms in total. The van der Waals surface area contributed by atoms with Crippen LogP contribution < -0.4 is 0 Å². The number of aryl methyl sites for hydroxylation is 2.